The van der Waals surface area contributed by atoms with Gasteiger partial charge >= 0.3 is 0 Å². The van der Waals surface area contributed by atoms with E-state index < -0.39 is 0 Å². The van der Waals surface area contributed by atoms with Crippen LogP contribution in [-0.2, 0) is 0 Å². The number of fused-ring (bicyclic) bond motifs is 2. The van der Waals surface area contributed by atoms with Gasteiger partial charge in [-0.15, -0.1) is 0 Å². The summed E-state index contributed by atoms with van der Waals surface area (Å²) in [5.74, 6) is 2.54. The van der Waals surface area contributed by atoms with Crippen LogP contribution in [0.3, 0.4) is 0 Å². The van der Waals surface area contributed by atoms with Crippen LogP contribution < -0.4 is 11.1 Å². The Kier molecular flexibility index (Phi) is 2.98. The van der Waals surface area contributed by atoms with Gasteiger partial charge in [0.05, 0.1) is 0 Å². The monoisotopic (exact) mass is 244 g/mol. The van der Waals surface area contributed by atoms with Crippen LogP contribution in [-0.4, -0.2) is 12.5 Å². The van der Waals surface area contributed by atoms with E-state index in [1.165, 1.54) is 25.7 Å². The molecule has 1 aromatic carbocycles. The molecule has 0 saturated heterocycles. The highest BCUT2D eigenvalue weighted by atomic mass is 16.1. The number of amides is 1. The summed E-state index contributed by atoms with van der Waals surface area (Å²) in [6, 6.07) is 7.11. The molecule has 3 nitrogen and oxygen atoms in total. The van der Waals surface area contributed by atoms with Gasteiger partial charge in [0.1, 0.15) is 0 Å². The number of nitrogens with one attached hydrogen (secondary N) is 1. The molecule has 0 heterocycles. The van der Waals surface area contributed by atoms with E-state index in [9.17, 15) is 4.79 Å². The molecule has 0 spiro atoms. The minimum Gasteiger partial charge on any atom is -0.399 e. The largest absolute Gasteiger partial charge is 0.399 e. The molecule has 3 rings (SSSR count). The summed E-state index contributed by atoms with van der Waals surface area (Å²) in [5, 5.41) is 3.07. The molecule has 2 aliphatic rings. The molecule has 3 unspecified atom stereocenters. The lowest BCUT2D eigenvalue weighted by atomic mass is 9.89. The molecule has 2 saturated carbocycles. The number of carbonyl (C=O) groups is 1. The van der Waals surface area contributed by atoms with E-state index in [1.807, 2.05) is 0 Å². The van der Waals surface area contributed by atoms with Gasteiger partial charge in [0, 0.05) is 17.8 Å². The molecule has 0 radical (unpaired) electrons. The first-order valence-electron chi connectivity index (χ1n) is 6.86. The average molecular weight is 244 g/mol. The number of anilines is 1. The third-order valence-electron chi connectivity index (χ3n) is 4.58. The molecule has 3 heteroatoms. The summed E-state index contributed by atoms with van der Waals surface area (Å²) >= 11 is 0. The minimum atomic E-state index is 0.0257. The third-order valence-corrected chi connectivity index (χ3v) is 4.58. The molecule has 3 atom stereocenters. The molecule has 2 aliphatic carbocycles. The standard InChI is InChI=1S/C15H20N2O/c16-14-5-3-11(4-6-14)15(18)17-9-13-8-10-1-2-12(13)7-10/h3-6,10,12-13H,1-2,7-9,16H2,(H,17,18). The van der Waals surface area contributed by atoms with Crippen LogP contribution in [0.2, 0.25) is 0 Å². The van der Waals surface area contributed by atoms with Crippen molar-refractivity contribution in [1.82, 2.24) is 5.32 Å². The summed E-state index contributed by atoms with van der Waals surface area (Å²) in [6.45, 7) is 0.838. The van der Waals surface area contributed by atoms with Gasteiger partial charge in [-0.2, -0.15) is 0 Å². The lowest BCUT2D eigenvalue weighted by molar-refractivity contribution is 0.0942. The Bertz CT molecular complexity index is 440. The maximum Gasteiger partial charge on any atom is 0.251 e. The van der Waals surface area contributed by atoms with Crippen molar-refractivity contribution in [2.75, 3.05) is 12.3 Å². The zero-order valence-corrected chi connectivity index (χ0v) is 10.6. The molecule has 2 fully saturated rings. The Morgan fingerprint density at radius 2 is 2.00 bits per heavy atom. The first-order valence-corrected chi connectivity index (χ1v) is 6.86. The van der Waals surface area contributed by atoms with Crippen LogP contribution in [0.25, 0.3) is 0 Å². The molecule has 1 amide bonds. The van der Waals surface area contributed by atoms with E-state index in [1.54, 1.807) is 24.3 Å². The van der Waals surface area contributed by atoms with Crippen LogP contribution in [0.5, 0.6) is 0 Å². The average Bonchev–Trinajstić information content (AvgIpc) is 2.99. The van der Waals surface area contributed by atoms with Crippen molar-refractivity contribution in [2.24, 2.45) is 17.8 Å². The highest BCUT2D eigenvalue weighted by Crippen LogP contribution is 2.47. The van der Waals surface area contributed by atoms with Crippen molar-refractivity contribution in [3.8, 4) is 0 Å². The van der Waals surface area contributed by atoms with E-state index in [0.717, 1.165) is 18.4 Å². The molecular formula is C15H20N2O. The smallest absolute Gasteiger partial charge is 0.251 e. The van der Waals surface area contributed by atoms with Gasteiger partial charge in [0.2, 0.25) is 0 Å². The fourth-order valence-electron chi connectivity index (χ4n) is 3.59. The summed E-state index contributed by atoms with van der Waals surface area (Å²) in [4.78, 5) is 12.0. The number of carbonyl (C=O) groups excluding carboxylic acids is 1. The first kappa shape index (κ1) is 11.6. The molecule has 0 aliphatic heterocycles. The van der Waals surface area contributed by atoms with E-state index in [-0.39, 0.29) is 5.91 Å². The molecule has 96 valence electrons. The summed E-state index contributed by atoms with van der Waals surface area (Å²) < 4.78 is 0. The number of hydrogen-bond donors (Lipinski definition) is 2. The van der Waals surface area contributed by atoms with Gasteiger partial charge in [-0.3, -0.25) is 4.79 Å². The molecule has 18 heavy (non-hydrogen) atoms. The summed E-state index contributed by atoms with van der Waals surface area (Å²) in [5.41, 5.74) is 7.01. The van der Waals surface area contributed by atoms with E-state index in [0.29, 0.717) is 17.2 Å². The maximum atomic E-state index is 12.0. The van der Waals surface area contributed by atoms with Gasteiger partial charge in [0.25, 0.3) is 5.91 Å². The fourth-order valence-corrected chi connectivity index (χ4v) is 3.59. The molecule has 1 aromatic rings. The Hall–Kier alpha value is -1.51. The topological polar surface area (TPSA) is 55.1 Å². The van der Waals surface area contributed by atoms with Crippen molar-refractivity contribution in [3.05, 3.63) is 29.8 Å². The third kappa shape index (κ3) is 2.22. The van der Waals surface area contributed by atoms with Crippen molar-refractivity contribution in [3.63, 3.8) is 0 Å². The number of nitrogens with two attached hydrogens (primary N) is 1. The Balaban J connectivity index is 1.54. The zero-order valence-electron chi connectivity index (χ0n) is 10.6. The van der Waals surface area contributed by atoms with Gasteiger partial charge < -0.3 is 11.1 Å². The second kappa shape index (κ2) is 4.63. The summed E-state index contributed by atoms with van der Waals surface area (Å²) in [7, 11) is 0. The molecular weight excluding hydrogens is 224 g/mol. The van der Waals surface area contributed by atoms with Crippen molar-refractivity contribution >= 4 is 11.6 Å². The van der Waals surface area contributed by atoms with Crippen LogP contribution in [0.4, 0.5) is 5.69 Å². The lowest BCUT2D eigenvalue weighted by Gasteiger charge is -2.21. The quantitative estimate of drug-likeness (QED) is 0.802. The van der Waals surface area contributed by atoms with Crippen LogP contribution in [0, 0.1) is 17.8 Å². The van der Waals surface area contributed by atoms with Crippen molar-refractivity contribution in [2.45, 2.75) is 25.7 Å². The Morgan fingerprint density at radius 1 is 1.22 bits per heavy atom. The number of hydrogen-bond acceptors (Lipinski definition) is 2. The van der Waals surface area contributed by atoms with Crippen LogP contribution in [0.15, 0.2) is 24.3 Å². The predicted octanol–water partition coefficient (Wildman–Crippen LogP) is 2.43. The summed E-state index contributed by atoms with van der Waals surface area (Å²) in [6.07, 6.45) is 5.48. The Morgan fingerprint density at radius 3 is 2.61 bits per heavy atom. The van der Waals surface area contributed by atoms with Gasteiger partial charge in [-0.1, -0.05) is 6.42 Å². The first-order chi connectivity index (χ1) is 8.72. The number of rotatable bonds is 3. The predicted molar refractivity (Wildman–Crippen MR) is 72.1 cm³/mol. The van der Waals surface area contributed by atoms with Crippen LogP contribution >= 0.6 is 0 Å². The maximum absolute atomic E-state index is 12.0. The van der Waals surface area contributed by atoms with E-state index in [4.69, 9.17) is 5.73 Å². The van der Waals surface area contributed by atoms with Crippen molar-refractivity contribution in [1.29, 1.82) is 0 Å². The minimum absolute atomic E-state index is 0.0257. The van der Waals surface area contributed by atoms with Crippen LogP contribution in [0.1, 0.15) is 36.0 Å². The fraction of sp³-hybridized carbons (Fsp3) is 0.533. The molecule has 2 bridgehead atoms. The van der Waals surface area contributed by atoms with Gasteiger partial charge in [0.15, 0.2) is 0 Å². The second-order valence-electron chi connectivity index (χ2n) is 5.77. The van der Waals surface area contributed by atoms with Gasteiger partial charge in [-0.25, -0.2) is 0 Å². The lowest BCUT2D eigenvalue weighted by Crippen LogP contribution is -2.31. The van der Waals surface area contributed by atoms with E-state index >= 15 is 0 Å². The number of benzene rings is 1. The van der Waals surface area contributed by atoms with Crippen molar-refractivity contribution < 1.29 is 4.79 Å². The second-order valence-corrected chi connectivity index (χ2v) is 5.77. The normalized spacial score (nSPS) is 29.4. The molecule has 3 N–H and O–H groups in total. The Labute approximate surface area is 108 Å². The zero-order chi connectivity index (χ0) is 12.5. The molecule has 0 aromatic heterocycles. The highest BCUT2D eigenvalue weighted by Gasteiger charge is 2.39. The number of nitrogen functional groups attached to an aromatic ring is 1. The van der Waals surface area contributed by atoms with E-state index in [2.05, 4.69) is 5.32 Å². The highest BCUT2D eigenvalue weighted by molar-refractivity contribution is 5.94. The van der Waals surface area contributed by atoms with Gasteiger partial charge in [-0.05, 0) is 61.3 Å². The SMILES string of the molecule is Nc1ccc(C(=O)NCC2CC3CCC2C3)cc1.